The van der Waals surface area contributed by atoms with Crippen molar-refractivity contribution in [2.45, 2.75) is 45.6 Å². The molecule has 1 saturated heterocycles. The van der Waals surface area contributed by atoms with Crippen molar-refractivity contribution in [3.8, 4) is 0 Å². The fourth-order valence-electron chi connectivity index (χ4n) is 1.81. The third kappa shape index (κ3) is 3.44. The lowest BCUT2D eigenvalue weighted by atomic mass is 9.84. The fraction of sp³-hybridized carbons (Fsp3) is 0.917. The fourth-order valence-corrected chi connectivity index (χ4v) is 1.81. The molecule has 0 aromatic rings. The maximum atomic E-state index is 12.6. The molecule has 3 nitrogen and oxygen atoms in total. The first kappa shape index (κ1) is 13.4. The number of rotatable bonds is 3. The minimum Gasteiger partial charge on any atom is -0.381 e. The van der Waals surface area contributed by atoms with Crippen LogP contribution >= 0.6 is 0 Å². The molecule has 94 valence electrons. The van der Waals surface area contributed by atoms with Gasteiger partial charge in [0.2, 0.25) is 5.91 Å². The Morgan fingerprint density at radius 1 is 1.38 bits per heavy atom. The van der Waals surface area contributed by atoms with Crippen LogP contribution in [0.25, 0.3) is 0 Å². The molecule has 1 heterocycles. The van der Waals surface area contributed by atoms with Crippen LogP contribution in [0.5, 0.6) is 0 Å². The van der Waals surface area contributed by atoms with E-state index >= 15 is 0 Å². The molecule has 0 unspecified atom stereocenters. The molecule has 1 aliphatic heterocycles. The third-order valence-corrected chi connectivity index (χ3v) is 3.08. The van der Waals surface area contributed by atoms with Gasteiger partial charge in [-0.2, -0.15) is 0 Å². The highest BCUT2D eigenvalue weighted by Gasteiger charge is 2.36. The van der Waals surface area contributed by atoms with Crippen LogP contribution in [-0.4, -0.2) is 31.3 Å². The number of carbonyl (C=O) groups excluding carboxylic acids is 1. The zero-order chi connectivity index (χ0) is 12.2. The number of hydrogen-bond acceptors (Lipinski definition) is 2. The van der Waals surface area contributed by atoms with Gasteiger partial charge in [-0.15, -0.1) is 0 Å². The van der Waals surface area contributed by atoms with Crippen LogP contribution in [0.4, 0.5) is 4.39 Å². The Labute approximate surface area is 96.7 Å². The molecular weight excluding hydrogens is 209 g/mol. The topological polar surface area (TPSA) is 38.3 Å². The van der Waals surface area contributed by atoms with Crippen molar-refractivity contribution in [3.05, 3.63) is 0 Å². The first-order valence-corrected chi connectivity index (χ1v) is 5.86. The molecule has 1 N–H and O–H groups in total. The quantitative estimate of drug-likeness (QED) is 0.807. The van der Waals surface area contributed by atoms with Crippen LogP contribution < -0.4 is 5.32 Å². The summed E-state index contributed by atoms with van der Waals surface area (Å²) in [6.45, 7) is 6.40. The van der Waals surface area contributed by atoms with Crippen molar-refractivity contribution in [2.75, 3.05) is 19.9 Å². The summed E-state index contributed by atoms with van der Waals surface area (Å²) in [5.41, 5.74) is -0.820. The molecule has 0 atom stereocenters. The number of ether oxygens (including phenoxy) is 1. The van der Waals surface area contributed by atoms with Gasteiger partial charge < -0.3 is 10.1 Å². The predicted octanol–water partition coefficient (Wildman–Crippen LogP) is 2.06. The van der Waals surface area contributed by atoms with Gasteiger partial charge in [0, 0.05) is 24.2 Å². The van der Waals surface area contributed by atoms with Crippen molar-refractivity contribution < 1.29 is 13.9 Å². The van der Waals surface area contributed by atoms with Crippen LogP contribution in [0.15, 0.2) is 0 Å². The number of nitrogens with one attached hydrogen (secondary N) is 1. The molecule has 1 aliphatic rings. The van der Waals surface area contributed by atoms with Gasteiger partial charge in [-0.3, -0.25) is 9.18 Å². The minimum atomic E-state index is -0.429. The molecule has 0 saturated carbocycles. The molecule has 1 fully saturated rings. The molecule has 0 spiro atoms. The van der Waals surface area contributed by atoms with E-state index < -0.39 is 17.6 Å². The van der Waals surface area contributed by atoms with Gasteiger partial charge in [-0.1, -0.05) is 20.8 Å². The van der Waals surface area contributed by atoms with Crippen molar-refractivity contribution >= 4 is 5.91 Å². The molecule has 1 amide bonds. The van der Waals surface area contributed by atoms with E-state index in [1.807, 2.05) is 20.8 Å². The largest absolute Gasteiger partial charge is 0.381 e. The summed E-state index contributed by atoms with van der Waals surface area (Å²) in [6, 6.07) is 0. The SMILES string of the molecule is CC(C)(C)C(=O)NC1(CCF)CCOCC1. The van der Waals surface area contributed by atoms with Crippen molar-refractivity contribution in [1.82, 2.24) is 5.32 Å². The Bertz CT molecular complexity index is 236. The first-order chi connectivity index (χ1) is 7.40. The van der Waals surface area contributed by atoms with Crippen molar-refractivity contribution in [2.24, 2.45) is 5.41 Å². The summed E-state index contributed by atoms with van der Waals surface area (Å²) in [5.74, 6) is -0.0112. The number of carbonyl (C=O) groups is 1. The van der Waals surface area contributed by atoms with E-state index in [1.165, 1.54) is 0 Å². The van der Waals surface area contributed by atoms with Gasteiger partial charge >= 0.3 is 0 Å². The van der Waals surface area contributed by atoms with Crippen LogP contribution in [0.3, 0.4) is 0 Å². The summed E-state index contributed by atoms with van der Waals surface area (Å²) in [5, 5.41) is 3.01. The monoisotopic (exact) mass is 231 g/mol. The highest BCUT2D eigenvalue weighted by atomic mass is 19.1. The van der Waals surface area contributed by atoms with E-state index in [0.717, 1.165) is 0 Å². The van der Waals surface area contributed by atoms with Crippen LogP contribution in [0.1, 0.15) is 40.0 Å². The van der Waals surface area contributed by atoms with Gasteiger partial charge in [0.1, 0.15) is 0 Å². The van der Waals surface area contributed by atoms with Crippen molar-refractivity contribution in [1.29, 1.82) is 0 Å². The maximum Gasteiger partial charge on any atom is 0.225 e. The molecule has 0 aromatic carbocycles. The van der Waals surface area contributed by atoms with Crippen LogP contribution in [-0.2, 0) is 9.53 Å². The lowest BCUT2D eigenvalue weighted by Crippen LogP contribution is -2.55. The van der Waals surface area contributed by atoms with E-state index in [0.29, 0.717) is 32.5 Å². The molecule has 0 bridgehead atoms. The standard InChI is InChI=1S/C12H22FNO2/c1-11(2,3)10(15)14-12(4-7-13)5-8-16-9-6-12/h4-9H2,1-3H3,(H,14,15). The first-order valence-electron chi connectivity index (χ1n) is 5.86. The molecule has 4 heteroatoms. The van der Waals surface area contributed by atoms with Crippen LogP contribution in [0, 0.1) is 5.41 Å². The van der Waals surface area contributed by atoms with Gasteiger partial charge in [-0.25, -0.2) is 0 Å². The highest BCUT2D eigenvalue weighted by Crippen LogP contribution is 2.26. The third-order valence-electron chi connectivity index (χ3n) is 3.08. The van der Waals surface area contributed by atoms with Crippen molar-refractivity contribution in [3.63, 3.8) is 0 Å². The predicted molar refractivity (Wildman–Crippen MR) is 61.0 cm³/mol. The number of halogens is 1. The summed E-state index contributed by atoms with van der Waals surface area (Å²) >= 11 is 0. The summed E-state index contributed by atoms with van der Waals surface area (Å²) < 4.78 is 17.8. The van der Waals surface area contributed by atoms with Gasteiger partial charge in [0.05, 0.1) is 6.67 Å². The lowest BCUT2D eigenvalue weighted by molar-refractivity contribution is -0.132. The van der Waals surface area contributed by atoms with E-state index in [9.17, 15) is 9.18 Å². The molecule has 0 aromatic heterocycles. The van der Waals surface area contributed by atoms with E-state index in [2.05, 4.69) is 5.32 Å². The Kier molecular flexibility index (Phi) is 4.30. The summed E-state index contributed by atoms with van der Waals surface area (Å²) in [6.07, 6.45) is 1.80. The Morgan fingerprint density at radius 3 is 2.38 bits per heavy atom. The highest BCUT2D eigenvalue weighted by molar-refractivity contribution is 5.82. The average molecular weight is 231 g/mol. The minimum absolute atomic E-state index is 0.0112. The molecular formula is C12H22FNO2. The second-order valence-electron chi connectivity index (χ2n) is 5.54. The van der Waals surface area contributed by atoms with Crippen LogP contribution in [0.2, 0.25) is 0 Å². The lowest BCUT2D eigenvalue weighted by Gasteiger charge is -2.39. The Hall–Kier alpha value is -0.640. The smallest absolute Gasteiger partial charge is 0.225 e. The van der Waals surface area contributed by atoms with E-state index in [1.54, 1.807) is 0 Å². The average Bonchev–Trinajstić information content (AvgIpc) is 2.17. The van der Waals surface area contributed by atoms with E-state index in [-0.39, 0.29) is 5.91 Å². The molecule has 1 rings (SSSR count). The Morgan fingerprint density at radius 2 is 1.94 bits per heavy atom. The Balaban J connectivity index is 2.67. The number of amides is 1. The molecule has 16 heavy (non-hydrogen) atoms. The molecule has 0 aliphatic carbocycles. The summed E-state index contributed by atoms with van der Waals surface area (Å²) in [4.78, 5) is 11.9. The molecule has 0 radical (unpaired) electrons. The maximum absolute atomic E-state index is 12.6. The van der Waals surface area contributed by atoms with Gasteiger partial charge in [0.15, 0.2) is 0 Å². The van der Waals surface area contributed by atoms with E-state index in [4.69, 9.17) is 4.74 Å². The zero-order valence-corrected chi connectivity index (χ0v) is 10.4. The number of alkyl halides is 1. The summed E-state index contributed by atoms with van der Waals surface area (Å²) in [7, 11) is 0. The second kappa shape index (κ2) is 5.13. The second-order valence-corrected chi connectivity index (χ2v) is 5.54. The normalized spacial score (nSPS) is 20.5. The van der Waals surface area contributed by atoms with Gasteiger partial charge in [0.25, 0.3) is 0 Å². The zero-order valence-electron chi connectivity index (χ0n) is 10.4. The van der Waals surface area contributed by atoms with Gasteiger partial charge in [-0.05, 0) is 19.3 Å². The number of hydrogen-bond donors (Lipinski definition) is 1.